The summed E-state index contributed by atoms with van der Waals surface area (Å²) in [6.45, 7) is 2.10. The molecule has 0 aliphatic carbocycles. The van der Waals surface area contributed by atoms with Gasteiger partial charge in [0.05, 0.1) is 7.11 Å². The summed E-state index contributed by atoms with van der Waals surface area (Å²) < 4.78 is 10.9. The van der Waals surface area contributed by atoms with Crippen molar-refractivity contribution in [3.05, 3.63) is 36.2 Å². The van der Waals surface area contributed by atoms with E-state index in [1.165, 1.54) is 19.0 Å². The monoisotopic (exact) mass is 260 g/mol. The SMILES string of the molecule is CCc1ccc(Oc2ncnc(NN)c2OC)cc1. The lowest BCUT2D eigenvalue weighted by Gasteiger charge is -2.11. The van der Waals surface area contributed by atoms with Gasteiger partial charge in [-0.25, -0.2) is 10.8 Å². The highest BCUT2D eigenvalue weighted by molar-refractivity contribution is 5.55. The van der Waals surface area contributed by atoms with Crippen LogP contribution in [-0.2, 0) is 6.42 Å². The maximum absolute atomic E-state index is 5.67. The van der Waals surface area contributed by atoms with Crippen LogP contribution in [0, 0.1) is 0 Å². The number of nitrogen functional groups attached to an aromatic ring is 1. The Morgan fingerprint density at radius 1 is 1.21 bits per heavy atom. The van der Waals surface area contributed by atoms with Crippen LogP contribution < -0.4 is 20.7 Å². The van der Waals surface area contributed by atoms with Gasteiger partial charge in [-0.05, 0) is 24.1 Å². The molecule has 19 heavy (non-hydrogen) atoms. The summed E-state index contributed by atoms with van der Waals surface area (Å²) in [5.41, 5.74) is 3.68. The van der Waals surface area contributed by atoms with Crippen molar-refractivity contribution >= 4 is 5.82 Å². The molecular formula is C13H16N4O2. The van der Waals surface area contributed by atoms with E-state index in [0.717, 1.165) is 6.42 Å². The Hall–Kier alpha value is -2.34. The number of ether oxygens (including phenoxy) is 2. The normalized spacial score (nSPS) is 10.1. The van der Waals surface area contributed by atoms with Crippen LogP contribution in [0.5, 0.6) is 17.4 Å². The second-order valence-electron chi connectivity index (χ2n) is 3.80. The average molecular weight is 260 g/mol. The van der Waals surface area contributed by atoms with Crippen LogP contribution in [0.2, 0.25) is 0 Å². The van der Waals surface area contributed by atoms with E-state index in [1.54, 1.807) is 0 Å². The maximum atomic E-state index is 5.67. The predicted molar refractivity (Wildman–Crippen MR) is 72.3 cm³/mol. The van der Waals surface area contributed by atoms with Gasteiger partial charge in [-0.2, -0.15) is 4.98 Å². The summed E-state index contributed by atoms with van der Waals surface area (Å²) in [7, 11) is 1.51. The predicted octanol–water partition coefficient (Wildman–Crippen LogP) is 2.13. The number of hydrogen-bond acceptors (Lipinski definition) is 6. The molecule has 0 spiro atoms. The molecule has 0 radical (unpaired) electrons. The number of hydrazine groups is 1. The topological polar surface area (TPSA) is 82.3 Å². The molecule has 2 aromatic rings. The van der Waals surface area contributed by atoms with Crippen LogP contribution in [0.4, 0.5) is 5.82 Å². The largest absolute Gasteiger partial charge is 0.489 e. The fourth-order valence-corrected chi connectivity index (χ4v) is 1.62. The van der Waals surface area contributed by atoms with Crippen molar-refractivity contribution < 1.29 is 9.47 Å². The Morgan fingerprint density at radius 2 is 1.95 bits per heavy atom. The number of nitrogens with zero attached hydrogens (tertiary/aromatic N) is 2. The minimum Gasteiger partial charge on any atom is -0.489 e. The lowest BCUT2D eigenvalue weighted by Crippen LogP contribution is -2.10. The molecule has 0 aliphatic heterocycles. The first-order valence-corrected chi connectivity index (χ1v) is 5.90. The molecule has 0 saturated carbocycles. The quantitative estimate of drug-likeness (QED) is 0.633. The second kappa shape index (κ2) is 6.01. The standard InChI is InChI=1S/C13H16N4O2/c1-3-9-4-6-10(7-5-9)19-13-11(18-2)12(17-14)15-8-16-13/h4-8H,3,14H2,1-2H3,(H,15,16,17). The van der Waals surface area contributed by atoms with Gasteiger partial charge in [0.25, 0.3) is 5.88 Å². The fraction of sp³-hybridized carbons (Fsp3) is 0.231. The molecule has 0 saturated heterocycles. The van der Waals surface area contributed by atoms with Crippen LogP contribution in [-0.4, -0.2) is 17.1 Å². The van der Waals surface area contributed by atoms with Crippen molar-refractivity contribution in [1.82, 2.24) is 9.97 Å². The molecule has 0 amide bonds. The molecule has 3 N–H and O–H groups in total. The van der Waals surface area contributed by atoms with E-state index < -0.39 is 0 Å². The minimum atomic E-state index is 0.315. The number of benzene rings is 1. The average Bonchev–Trinajstić information content (AvgIpc) is 2.47. The van der Waals surface area contributed by atoms with Gasteiger partial charge in [0, 0.05) is 0 Å². The van der Waals surface area contributed by atoms with Crippen molar-refractivity contribution in [3.8, 4) is 17.4 Å². The van der Waals surface area contributed by atoms with Gasteiger partial charge in [0.15, 0.2) is 5.82 Å². The van der Waals surface area contributed by atoms with Gasteiger partial charge in [-0.1, -0.05) is 19.1 Å². The third-order valence-electron chi connectivity index (χ3n) is 2.66. The molecule has 0 atom stereocenters. The van der Waals surface area contributed by atoms with E-state index in [4.69, 9.17) is 15.3 Å². The Morgan fingerprint density at radius 3 is 2.53 bits per heavy atom. The molecule has 6 heteroatoms. The number of aromatic nitrogens is 2. The lowest BCUT2D eigenvalue weighted by atomic mass is 10.2. The van der Waals surface area contributed by atoms with Gasteiger partial charge in [-0.3, -0.25) is 0 Å². The van der Waals surface area contributed by atoms with E-state index in [0.29, 0.717) is 23.2 Å². The maximum Gasteiger partial charge on any atom is 0.268 e. The number of aryl methyl sites for hydroxylation is 1. The van der Waals surface area contributed by atoms with Crippen molar-refractivity contribution in [2.45, 2.75) is 13.3 Å². The molecule has 0 fully saturated rings. The molecule has 6 nitrogen and oxygen atoms in total. The summed E-state index contributed by atoms with van der Waals surface area (Å²) >= 11 is 0. The molecular weight excluding hydrogens is 244 g/mol. The van der Waals surface area contributed by atoms with E-state index in [9.17, 15) is 0 Å². The summed E-state index contributed by atoms with van der Waals surface area (Å²) in [4.78, 5) is 7.99. The molecule has 2 rings (SSSR count). The molecule has 1 aromatic carbocycles. The highest BCUT2D eigenvalue weighted by Crippen LogP contribution is 2.33. The number of methoxy groups -OCH3 is 1. The second-order valence-corrected chi connectivity index (χ2v) is 3.80. The Bertz CT molecular complexity index is 543. The first-order chi connectivity index (χ1) is 9.28. The number of nitrogens with two attached hydrogens (primary N) is 1. The number of rotatable bonds is 5. The van der Waals surface area contributed by atoms with Gasteiger partial charge in [-0.15, -0.1) is 0 Å². The molecule has 0 bridgehead atoms. The van der Waals surface area contributed by atoms with Gasteiger partial charge < -0.3 is 14.9 Å². The Balaban J connectivity index is 2.26. The van der Waals surface area contributed by atoms with Crippen molar-refractivity contribution in [3.63, 3.8) is 0 Å². The van der Waals surface area contributed by atoms with Gasteiger partial charge in [0.2, 0.25) is 5.75 Å². The van der Waals surface area contributed by atoms with Crippen LogP contribution in [0.1, 0.15) is 12.5 Å². The molecule has 0 unspecified atom stereocenters. The van der Waals surface area contributed by atoms with Gasteiger partial charge in [0.1, 0.15) is 12.1 Å². The van der Waals surface area contributed by atoms with E-state index in [-0.39, 0.29) is 0 Å². The third-order valence-corrected chi connectivity index (χ3v) is 2.66. The highest BCUT2D eigenvalue weighted by atomic mass is 16.5. The first-order valence-electron chi connectivity index (χ1n) is 5.90. The van der Waals surface area contributed by atoms with E-state index in [2.05, 4.69) is 22.3 Å². The smallest absolute Gasteiger partial charge is 0.268 e. The van der Waals surface area contributed by atoms with E-state index >= 15 is 0 Å². The summed E-state index contributed by atoms with van der Waals surface area (Å²) in [6.07, 6.45) is 2.34. The zero-order valence-corrected chi connectivity index (χ0v) is 10.9. The molecule has 1 aromatic heterocycles. The fourth-order valence-electron chi connectivity index (χ4n) is 1.62. The first kappa shape index (κ1) is 13.1. The minimum absolute atomic E-state index is 0.315. The van der Waals surface area contributed by atoms with Crippen molar-refractivity contribution in [2.75, 3.05) is 12.5 Å². The molecule has 1 heterocycles. The zero-order valence-electron chi connectivity index (χ0n) is 10.9. The number of hydrogen-bond donors (Lipinski definition) is 2. The zero-order chi connectivity index (χ0) is 13.7. The van der Waals surface area contributed by atoms with Crippen LogP contribution >= 0.6 is 0 Å². The molecule has 0 aliphatic rings. The van der Waals surface area contributed by atoms with Gasteiger partial charge >= 0.3 is 0 Å². The third kappa shape index (κ3) is 2.92. The summed E-state index contributed by atoms with van der Waals surface area (Å²) in [5.74, 6) is 7.08. The number of nitrogens with one attached hydrogen (secondary N) is 1. The van der Waals surface area contributed by atoms with E-state index in [1.807, 2.05) is 24.3 Å². The highest BCUT2D eigenvalue weighted by Gasteiger charge is 2.13. The summed E-state index contributed by atoms with van der Waals surface area (Å²) in [5, 5.41) is 0. The number of anilines is 1. The van der Waals surface area contributed by atoms with Crippen LogP contribution in [0.3, 0.4) is 0 Å². The summed E-state index contributed by atoms with van der Waals surface area (Å²) in [6, 6.07) is 7.78. The molecule has 100 valence electrons. The Kier molecular flexibility index (Phi) is 4.15. The van der Waals surface area contributed by atoms with Crippen LogP contribution in [0.25, 0.3) is 0 Å². The van der Waals surface area contributed by atoms with Crippen molar-refractivity contribution in [1.29, 1.82) is 0 Å². The lowest BCUT2D eigenvalue weighted by molar-refractivity contribution is 0.369. The Labute approximate surface area is 111 Å². The van der Waals surface area contributed by atoms with Crippen molar-refractivity contribution in [2.24, 2.45) is 5.84 Å². The van der Waals surface area contributed by atoms with Crippen LogP contribution in [0.15, 0.2) is 30.6 Å².